The number of anilines is 2. The molecule has 3 N–H and O–H groups in total. The maximum Gasteiger partial charge on any atom is 0.321 e. The number of urea groups is 1. The van der Waals surface area contributed by atoms with Crippen molar-refractivity contribution >= 4 is 29.2 Å². The van der Waals surface area contributed by atoms with Crippen LogP contribution >= 0.6 is 0 Å². The predicted octanol–water partition coefficient (Wildman–Crippen LogP) is 4.74. The van der Waals surface area contributed by atoms with E-state index >= 15 is 0 Å². The maximum absolute atomic E-state index is 14.0. The molecule has 0 saturated carbocycles. The molecule has 0 spiro atoms. The second-order valence-electron chi connectivity index (χ2n) is 11.0. The lowest BCUT2D eigenvalue weighted by molar-refractivity contribution is -0.114. The molecule has 10 nitrogen and oxygen atoms in total. The molecular weight excluding hydrogens is 543 g/mol. The van der Waals surface area contributed by atoms with Crippen LogP contribution in [0.2, 0.25) is 0 Å². The largest absolute Gasteiger partial charge is 0.490 e. The van der Waals surface area contributed by atoms with E-state index in [2.05, 4.69) is 10.6 Å². The molecule has 0 radical (unpaired) electrons. The average molecular weight is 587 g/mol. The third-order valence-electron chi connectivity index (χ3n) is 7.27. The third-order valence-corrected chi connectivity index (χ3v) is 7.27. The number of hydrogen-bond acceptors (Lipinski definition) is 6. The number of benzene rings is 2. The van der Waals surface area contributed by atoms with Crippen molar-refractivity contribution in [3.05, 3.63) is 53.8 Å². The molecule has 0 bridgehead atoms. The van der Waals surface area contributed by atoms with Crippen LogP contribution in [0.25, 0.3) is 0 Å². The smallest absolute Gasteiger partial charge is 0.321 e. The second-order valence-corrected chi connectivity index (χ2v) is 11.0. The number of aliphatic hydroxyl groups excluding tert-OH is 1. The average Bonchev–Trinajstić information content (AvgIpc) is 2.95. The summed E-state index contributed by atoms with van der Waals surface area (Å²) in [6.45, 7) is 7.72. The first-order valence-electron chi connectivity index (χ1n) is 14.4. The minimum absolute atomic E-state index is 0.175. The molecule has 2 aromatic rings. The van der Waals surface area contributed by atoms with E-state index in [1.807, 2.05) is 13.8 Å². The summed E-state index contributed by atoms with van der Waals surface area (Å²) in [6.07, 6.45) is 1.76. The summed E-state index contributed by atoms with van der Waals surface area (Å²) in [5, 5.41) is 15.5. The zero-order valence-corrected chi connectivity index (χ0v) is 25.1. The molecule has 230 valence electrons. The number of nitrogens with zero attached hydrogens (tertiary/aromatic N) is 2. The van der Waals surface area contributed by atoms with Gasteiger partial charge in [-0.15, -0.1) is 0 Å². The van der Waals surface area contributed by atoms with Gasteiger partial charge in [0.15, 0.2) is 0 Å². The van der Waals surface area contributed by atoms with Crippen LogP contribution < -0.4 is 15.4 Å². The molecule has 2 aromatic carbocycles. The van der Waals surface area contributed by atoms with E-state index in [1.165, 1.54) is 36.1 Å². The highest BCUT2D eigenvalue weighted by Crippen LogP contribution is 2.28. The molecule has 11 heteroatoms. The number of ether oxygens (including phenoxy) is 2. The van der Waals surface area contributed by atoms with Crippen LogP contribution in [0.5, 0.6) is 5.75 Å². The number of rotatable bonds is 6. The van der Waals surface area contributed by atoms with E-state index in [0.717, 1.165) is 19.3 Å². The molecule has 1 heterocycles. The number of likely N-dealkylation sites (N-methyl/N-ethyl adjacent to an activating group) is 1. The van der Waals surface area contributed by atoms with E-state index in [4.69, 9.17) is 9.47 Å². The van der Waals surface area contributed by atoms with E-state index in [-0.39, 0.29) is 55.1 Å². The zero-order valence-electron chi connectivity index (χ0n) is 25.1. The number of nitrogens with one attached hydrogen (secondary N) is 2. The Labute approximate surface area is 247 Å². The Morgan fingerprint density at radius 2 is 1.81 bits per heavy atom. The quantitative estimate of drug-likeness (QED) is 0.450. The molecule has 0 saturated heterocycles. The van der Waals surface area contributed by atoms with E-state index < -0.39 is 18.0 Å². The van der Waals surface area contributed by atoms with Gasteiger partial charge in [-0.3, -0.25) is 9.59 Å². The summed E-state index contributed by atoms with van der Waals surface area (Å²) in [6, 6.07) is 9.60. The first-order chi connectivity index (χ1) is 20.0. The second kappa shape index (κ2) is 15.5. The predicted molar refractivity (Wildman–Crippen MR) is 159 cm³/mol. The van der Waals surface area contributed by atoms with Crippen molar-refractivity contribution in [2.24, 2.45) is 5.92 Å². The Balaban J connectivity index is 1.88. The summed E-state index contributed by atoms with van der Waals surface area (Å²) in [5.41, 5.74) is 1.22. The monoisotopic (exact) mass is 586 g/mol. The van der Waals surface area contributed by atoms with Crippen molar-refractivity contribution in [3.63, 3.8) is 0 Å². The standard InChI is InChI=1S/C31H43FN4O6/c1-20-17-36(21(2)19-37)30(39)27-16-26(33-23(4)38)13-14-28(27)42-22(3)8-6-7-15-41-29(20)18-35(5)31(40)34-25-11-9-24(32)10-12-25/h9-14,16,20-22,29,37H,6-8,15,17-19H2,1-5H3,(H,33,38)(H,34,40)/t20-,21+,22-,29-/m0/s1. The van der Waals surface area contributed by atoms with Crippen LogP contribution in [0.4, 0.5) is 20.6 Å². The fourth-order valence-electron chi connectivity index (χ4n) is 4.77. The van der Waals surface area contributed by atoms with Crippen LogP contribution in [0, 0.1) is 11.7 Å². The minimum atomic E-state index is -0.525. The molecule has 0 unspecified atom stereocenters. The Kier molecular flexibility index (Phi) is 12.1. The van der Waals surface area contributed by atoms with Gasteiger partial charge in [-0.1, -0.05) is 6.92 Å². The highest BCUT2D eigenvalue weighted by Gasteiger charge is 2.31. The van der Waals surface area contributed by atoms with Crippen molar-refractivity contribution in [3.8, 4) is 5.75 Å². The van der Waals surface area contributed by atoms with Crippen molar-refractivity contribution in [2.45, 2.75) is 65.2 Å². The molecule has 4 atom stereocenters. The number of halogens is 1. The lowest BCUT2D eigenvalue weighted by Crippen LogP contribution is -2.48. The van der Waals surface area contributed by atoms with Gasteiger partial charge >= 0.3 is 6.03 Å². The normalized spacial score (nSPS) is 20.9. The molecule has 1 aliphatic rings. The molecule has 0 aromatic heterocycles. The van der Waals surface area contributed by atoms with Crippen LogP contribution in [0.3, 0.4) is 0 Å². The lowest BCUT2D eigenvalue weighted by atomic mass is 10.0. The number of fused-ring (bicyclic) bond motifs is 1. The lowest BCUT2D eigenvalue weighted by Gasteiger charge is -2.35. The summed E-state index contributed by atoms with van der Waals surface area (Å²) in [7, 11) is 1.65. The van der Waals surface area contributed by atoms with Gasteiger partial charge in [-0.2, -0.15) is 0 Å². The number of hydrogen-bond donors (Lipinski definition) is 3. The van der Waals surface area contributed by atoms with Gasteiger partial charge in [0.2, 0.25) is 5.91 Å². The Bertz CT molecular complexity index is 1210. The SMILES string of the molecule is CC(=O)Nc1ccc2c(c1)C(=O)N([C@H](C)CO)C[C@H](C)[C@H](CN(C)C(=O)Nc1ccc(F)cc1)OCCCC[C@H](C)O2. The summed E-state index contributed by atoms with van der Waals surface area (Å²) < 4.78 is 25.7. The topological polar surface area (TPSA) is 120 Å². The number of amides is 4. The third kappa shape index (κ3) is 9.42. The van der Waals surface area contributed by atoms with E-state index in [0.29, 0.717) is 23.7 Å². The maximum atomic E-state index is 14.0. The Morgan fingerprint density at radius 3 is 2.48 bits per heavy atom. The summed E-state index contributed by atoms with van der Waals surface area (Å²) >= 11 is 0. The van der Waals surface area contributed by atoms with Gasteiger partial charge in [-0.05, 0) is 75.6 Å². The number of aliphatic hydroxyl groups is 1. The molecule has 0 fully saturated rings. The molecule has 4 amide bonds. The van der Waals surface area contributed by atoms with Crippen molar-refractivity contribution in [1.29, 1.82) is 0 Å². The van der Waals surface area contributed by atoms with Crippen LogP contribution in [-0.4, -0.2) is 84.4 Å². The summed E-state index contributed by atoms with van der Waals surface area (Å²) in [4.78, 5) is 41.7. The first-order valence-corrected chi connectivity index (χ1v) is 14.4. The van der Waals surface area contributed by atoms with Gasteiger partial charge < -0.3 is 35.0 Å². The highest BCUT2D eigenvalue weighted by molar-refractivity contribution is 5.99. The fourth-order valence-corrected chi connectivity index (χ4v) is 4.77. The van der Waals surface area contributed by atoms with E-state index in [9.17, 15) is 23.9 Å². The van der Waals surface area contributed by atoms with E-state index in [1.54, 1.807) is 37.1 Å². The van der Waals surface area contributed by atoms with Gasteiger partial charge in [0, 0.05) is 51.0 Å². The Hall–Kier alpha value is -3.70. The Morgan fingerprint density at radius 1 is 1.12 bits per heavy atom. The highest BCUT2D eigenvalue weighted by atomic mass is 19.1. The first kappa shape index (κ1) is 32.8. The molecule has 42 heavy (non-hydrogen) atoms. The molecule has 3 rings (SSSR count). The van der Waals surface area contributed by atoms with Gasteiger partial charge in [0.25, 0.3) is 5.91 Å². The van der Waals surface area contributed by atoms with Crippen LogP contribution in [0.15, 0.2) is 42.5 Å². The van der Waals surface area contributed by atoms with Crippen LogP contribution in [0.1, 0.15) is 57.3 Å². The molecule has 0 aliphatic carbocycles. The number of carbonyl (C=O) groups excluding carboxylic acids is 3. The molecular formula is C31H43FN4O6. The molecule has 1 aliphatic heterocycles. The van der Waals surface area contributed by atoms with Gasteiger partial charge in [-0.25, -0.2) is 9.18 Å². The van der Waals surface area contributed by atoms with Gasteiger partial charge in [0.1, 0.15) is 11.6 Å². The van der Waals surface area contributed by atoms with Crippen molar-refractivity contribution in [1.82, 2.24) is 9.80 Å². The minimum Gasteiger partial charge on any atom is -0.490 e. The van der Waals surface area contributed by atoms with Crippen molar-refractivity contribution in [2.75, 3.05) is 44.0 Å². The van der Waals surface area contributed by atoms with Gasteiger partial charge in [0.05, 0.1) is 30.4 Å². The number of carbonyl (C=O) groups is 3. The van der Waals surface area contributed by atoms with Crippen molar-refractivity contribution < 1.29 is 33.4 Å². The fraction of sp³-hybridized carbons (Fsp3) is 0.516. The zero-order chi connectivity index (χ0) is 30.8. The van der Waals surface area contributed by atoms with Crippen LogP contribution in [-0.2, 0) is 9.53 Å². The summed E-state index contributed by atoms with van der Waals surface area (Å²) in [5.74, 6) is -0.829.